The molecule has 6 nitrogen and oxygen atoms in total. The average molecular weight is 461 g/mol. The number of carbonyl (C=O) groups is 2. The fourth-order valence-electron chi connectivity index (χ4n) is 5.62. The number of hydrogen-bond donors (Lipinski definition) is 0. The molecule has 2 aromatic rings. The highest BCUT2D eigenvalue weighted by molar-refractivity contribution is 5.94. The molecule has 1 aromatic carbocycles. The molecule has 2 aliphatic heterocycles. The summed E-state index contributed by atoms with van der Waals surface area (Å²) in [6.45, 7) is 11.2. The van der Waals surface area contributed by atoms with Gasteiger partial charge in [-0.25, -0.2) is 4.98 Å². The minimum atomic E-state index is 0.0810. The van der Waals surface area contributed by atoms with Crippen molar-refractivity contribution in [3.63, 3.8) is 0 Å². The quantitative estimate of drug-likeness (QED) is 0.696. The molecule has 0 radical (unpaired) electrons. The Morgan fingerprint density at radius 2 is 1.56 bits per heavy atom. The molecule has 3 fully saturated rings. The summed E-state index contributed by atoms with van der Waals surface area (Å²) in [6.07, 6.45) is 4.67. The predicted molar refractivity (Wildman–Crippen MR) is 134 cm³/mol. The summed E-state index contributed by atoms with van der Waals surface area (Å²) in [7, 11) is 0. The van der Waals surface area contributed by atoms with Gasteiger partial charge in [0.1, 0.15) is 5.82 Å². The molecule has 1 saturated carbocycles. The van der Waals surface area contributed by atoms with Gasteiger partial charge in [0, 0.05) is 56.9 Å². The summed E-state index contributed by atoms with van der Waals surface area (Å²) in [5.74, 6) is 1.56. The van der Waals surface area contributed by atoms with Crippen LogP contribution in [0.25, 0.3) is 0 Å². The maximum absolute atomic E-state index is 13.2. The summed E-state index contributed by atoms with van der Waals surface area (Å²) in [4.78, 5) is 37.0. The normalized spacial score (nSPS) is 22.1. The van der Waals surface area contributed by atoms with Crippen LogP contribution in [0.3, 0.4) is 0 Å². The number of amides is 2. The molecule has 1 atom stereocenters. The van der Waals surface area contributed by atoms with Gasteiger partial charge in [-0.15, -0.1) is 0 Å². The highest BCUT2D eigenvalue weighted by Crippen LogP contribution is 2.60. The van der Waals surface area contributed by atoms with E-state index in [0.29, 0.717) is 5.91 Å². The van der Waals surface area contributed by atoms with Crippen molar-refractivity contribution < 1.29 is 9.59 Å². The lowest BCUT2D eigenvalue weighted by Gasteiger charge is -2.37. The van der Waals surface area contributed by atoms with Gasteiger partial charge in [0.05, 0.1) is 0 Å². The smallest absolute Gasteiger partial charge is 0.253 e. The predicted octanol–water partition coefficient (Wildman–Crippen LogP) is 3.97. The number of aromatic nitrogens is 1. The van der Waals surface area contributed by atoms with E-state index in [4.69, 9.17) is 0 Å². The molecule has 6 heteroatoms. The largest absolute Gasteiger partial charge is 0.353 e. The number of piperazine rings is 1. The minimum Gasteiger partial charge on any atom is -0.353 e. The van der Waals surface area contributed by atoms with Gasteiger partial charge in [0.2, 0.25) is 5.91 Å². The van der Waals surface area contributed by atoms with Crippen molar-refractivity contribution in [3.8, 4) is 0 Å². The summed E-state index contributed by atoms with van der Waals surface area (Å²) in [6, 6.07) is 14.0. The molecule has 0 N–H and O–H groups in total. The van der Waals surface area contributed by atoms with E-state index in [2.05, 4.69) is 42.8 Å². The van der Waals surface area contributed by atoms with Gasteiger partial charge < -0.3 is 14.7 Å². The minimum absolute atomic E-state index is 0.0810. The molecule has 2 saturated heterocycles. The number of benzene rings is 1. The van der Waals surface area contributed by atoms with Crippen molar-refractivity contribution in [2.45, 2.75) is 45.4 Å². The van der Waals surface area contributed by atoms with E-state index in [1.54, 1.807) is 0 Å². The summed E-state index contributed by atoms with van der Waals surface area (Å²) < 4.78 is 0. The molecule has 1 aromatic heterocycles. The van der Waals surface area contributed by atoms with E-state index >= 15 is 0 Å². The zero-order valence-corrected chi connectivity index (χ0v) is 20.7. The third-order valence-corrected chi connectivity index (χ3v) is 8.10. The average Bonchev–Trinajstić information content (AvgIpc) is 3.56. The van der Waals surface area contributed by atoms with E-state index in [1.807, 2.05) is 46.3 Å². The number of hydrogen-bond acceptors (Lipinski definition) is 4. The molecule has 180 valence electrons. The summed E-state index contributed by atoms with van der Waals surface area (Å²) >= 11 is 0. The number of carbonyl (C=O) groups excluding carboxylic acids is 2. The summed E-state index contributed by atoms with van der Waals surface area (Å²) in [5, 5.41) is 0. The first-order chi connectivity index (χ1) is 16.3. The van der Waals surface area contributed by atoms with Crippen LogP contribution in [0.1, 0.15) is 56.0 Å². The second-order valence-electron chi connectivity index (χ2n) is 11.2. The van der Waals surface area contributed by atoms with Crippen LogP contribution in [0.4, 0.5) is 5.82 Å². The topological polar surface area (TPSA) is 56.8 Å². The zero-order valence-electron chi connectivity index (χ0n) is 20.7. The number of likely N-dealkylation sites (tertiary alicyclic amines) is 1. The number of anilines is 1. The number of nitrogens with zero attached hydrogens (tertiary/aromatic N) is 4. The Morgan fingerprint density at radius 1 is 0.882 bits per heavy atom. The fraction of sp³-hybridized carbons (Fsp3) is 0.536. The molecule has 1 spiro atoms. The van der Waals surface area contributed by atoms with Crippen LogP contribution in [0.2, 0.25) is 0 Å². The van der Waals surface area contributed by atoms with E-state index in [9.17, 15) is 9.59 Å². The van der Waals surface area contributed by atoms with Crippen molar-refractivity contribution >= 4 is 17.6 Å². The molecule has 2 amide bonds. The van der Waals surface area contributed by atoms with E-state index in [0.717, 1.165) is 69.9 Å². The van der Waals surface area contributed by atoms with Crippen molar-refractivity contribution in [3.05, 3.63) is 59.8 Å². The van der Waals surface area contributed by atoms with Gasteiger partial charge in [-0.1, -0.05) is 39.0 Å². The fourth-order valence-corrected chi connectivity index (χ4v) is 5.62. The zero-order chi connectivity index (χ0) is 23.9. The Morgan fingerprint density at radius 3 is 2.15 bits per heavy atom. The first kappa shape index (κ1) is 22.9. The van der Waals surface area contributed by atoms with Crippen LogP contribution in [-0.4, -0.2) is 65.9 Å². The molecular weight excluding hydrogens is 424 g/mol. The van der Waals surface area contributed by atoms with Gasteiger partial charge >= 0.3 is 0 Å². The monoisotopic (exact) mass is 460 g/mol. The molecule has 34 heavy (non-hydrogen) atoms. The third kappa shape index (κ3) is 4.42. The molecular formula is C28H36N4O2. The Balaban J connectivity index is 1.12. The first-order valence-electron chi connectivity index (χ1n) is 12.6. The molecule has 1 aliphatic carbocycles. The lowest BCUT2D eigenvalue weighted by atomic mass is 9.86. The van der Waals surface area contributed by atoms with E-state index in [1.165, 1.54) is 5.56 Å². The van der Waals surface area contributed by atoms with Gasteiger partial charge in [-0.05, 0) is 59.9 Å². The van der Waals surface area contributed by atoms with Gasteiger partial charge in [0.25, 0.3) is 5.91 Å². The van der Waals surface area contributed by atoms with Crippen LogP contribution >= 0.6 is 0 Å². The standard InChI is InChI=1S/C28H36N4O2/c1-27(2,3)22-9-7-21(8-10-22)25(33)31-14-11-28(12-15-31)20-23(28)26(34)32-18-16-30(17-19-32)24-6-4-5-13-29-24/h4-10,13,23H,11-12,14-20H2,1-3H3/t23-/m1/s1. The number of piperidine rings is 1. The van der Waals surface area contributed by atoms with Crippen LogP contribution in [-0.2, 0) is 10.2 Å². The van der Waals surface area contributed by atoms with E-state index < -0.39 is 0 Å². The third-order valence-electron chi connectivity index (χ3n) is 8.10. The molecule has 0 bridgehead atoms. The van der Waals surface area contributed by atoms with Gasteiger partial charge in [0.15, 0.2) is 0 Å². The molecule has 3 aliphatic rings. The van der Waals surface area contributed by atoms with Crippen molar-refractivity contribution in [2.75, 3.05) is 44.2 Å². The Kier molecular flexibility index (Phi) is 5.86. The van der Waals surface area contributed by atoms with Crippen molar-refractivity contribution in [2.24, 2.45) is 11.3 Å². The van der Waals surface area contributed by atoms with Gasteiger partial charge in [-0.3, -0.25) is 9.59 Å². The van der Waals surface area contributed by atoms with Crippen molar-refractivity contribution in [1.29, 1.82) is 0 Å². The highest BCUT2D eigenvalue weighted by atomic mass is 16.2. The van der Waals surface area contributed by atoms with Crippen LogP contribution in [0.5, 0.6) is 0 Å². The van der Waals surface area contributed by atoms with E-state index in [-0.39, 0.29) is 22.7 Å². The Bertz CT molecular complexity index is 1030. The molecule has 5 rings (SSSR count). The SMILES string of the molecule is CC(C)(C)c1ccc(C(=O)N2CCC3(CC2)C[C@@H]3C(=O)N2CCN(c3ccccn3)CC2)cc1. The van der Waals surface area contributed by atoms with Crippen LogP contribution < -0.4 is 4.90 Å². The Hall–Kier alpha value is -2.89. The number of rotatable bonds is 3. The number of pyridine rings is 1. The van der Waals surface area contributed by atoms with Crippen LogP contribution in [0, 0.1) is 11.3 Å². The lowest BCUT2D eigenvalue weighted by Crippen LogP contribution is -2.50. The van der Waals surface area contributed by atoms with Crippen LogP contribution in [0.15, 0.2) is 48.7 Å². The maximum Gasteiger partial charge on any atom is 0.253 e. The lowest BCUT2D eigenvalue weighted by molar-refractivity contribution is -0.134. The second kappa shape index (κ2) is 8.71. The highest BCUT2D eigenvalue weighted by Gasteiger charge is 2.59. The Labute approximate surface area is 202 Å². The second-order valence-corrected chi connectivity index (χ2v) is 11.2. The van der Waals surface area contributed by atoms with Crippen molar-refractivity contribution in [1.82, 2.24) is 14.8 Å². The molecule has 0 unspecified atom stereocenters. The molecule has 3 heterocycles. The maximum atomic E-state index is 13.2. The van der Waals surface area contributed by atoms with Gasteiger partial charge in [-0.2, -0.15) is 0 Å². The summed E-state index contributed by atoms with van der Waals surface area (Å²) in [5.41, 5.74) is 2.19. The first-order valence-corrected chi connectivity index (χ1v) is 12.6.